The molecule has 286 valence electrons. The first-order valence-corrected chi connectivity index (χ1v) is 19.1. The summed E-state index contributed by atoms with van der Waals surface area (Å²) in [6.07, 6.45) is 22.8. The minimum atomic E-state index is -0.801. The Morgan fingerprint density at radius 2 is 1.14 bits per heavy atom. The molecule has 0 amide bonds. The van der Waals surface area contributed by atoms with E-state index in [1.54, 1.807) is 18.2 Å². The largest absolute Gasteiger partial charge is 0.481 e. The van der Waals surface area contributed by atoms with Gasteiger partial charge >= 0.3 is 11.9 Å². The van der Waals surface area contributed by atoms with Gasteiger partial charge in [-0.3, -0.25) is 19.2 Å². The van der Waals surface area contributed by atoms with Crippen molar-refractivity contribution in [3.63, 3.8) is 0 Å². The molecule has 2 unspecified atom stereocenters. The topological polar surface area (TPSA) is 190 Å². The summed E-state index contributed by atoms with van der Waals surface area (Å²) in [5, 5.41) is 57.4. The zero-order valence-electron chi connectivity index (χ0n) is 30.5. The van der Waals surface area contributed by atoms with E-state index in [-0.39, 0.29) is 60.9 Å². The molecule has 2 aliphatic rings. The molecular weight excluding hydrogens is 640 g/mol. The maximum atomic E-state index is 12.1. The summed E-state index contributed by atoms with van der Waals surface area (Å²) in [5.74, 6) is -2.30. The molecular formula is C40H66O10. The second-order valence-electron chi connectivity index (χ2n) is 14.1. The molecule has 50 heavy (non-hydrogen) atoms. The SMILES string of the molecule is CCCCC[C@H](O)/C=C/C1[C@H](O)CC(=O)[C@@H]1C/C=C\CCCC(=O)O.CCCCC[C@H](O)/C=C/C1[C@H](O)CC(=O)[C@@H]1CCCCCCC(=O)O. The van der Waals surface area contributed by atoms with Crippen LogP contribution in [0.1, 0.15) is 142 Å². The summed E-state index contributed by atoms with van der Waals surface area (Å²) >= 11 is 0. The fourth-order valence-electron chi connectivity index (χ4n) is 6.76. The summed E-state index contributed by atoms with van der Waals surface area (Å²) in [6.45, 7) is 4.23. The number of allylic oxidation sites excluding steroid dienone is 2. The zero-order valence-corrected chi connectivity index (χ0v) is 30.5. The number of Topliss-reactive ketones (excluding diaryl/α,β-unsaturated/α-hetero) is 2. The fraction of sp³-hybridized carbons (Fsp3) is 0.750. The van der Waals surface area contributed by atoms with Crippen LogP contribution in [0, 0.1) is 23.7 Å². The number of carboxylic acid groups (broad SMARTS) is 2. The highest BCUT2D eigenvalue weighted by Gasteiger charge is 2.40. The van der Waals surface area contributed by atoms with Gasteiger partial charge in [-0.2, -0.15) is 0 Å². The van der Waals surface area contributed by atoms with Gasteiger partial charge in [-0.25, -0.2) is 0 Å². The van der Waals surface area contributed by atoms with E-state index >= 15 is 0 Å². The molecule has 0 aliphatic heterocycles. The monoisotopic (exact) mass is 706 g/mol. The number of aliphatic carboxylic acids is 2. The number of aliphatic hydroxyl groups is 4. The molecule has 2 aliphatic carbocycles. The number of carbonyl (C=O) groups excluding carboxylic acids is 2. The van der Waals surface area contributed by atoms with E-state index in [0.29, 0.717) is 32.1 Å². The van der Waals surface area contributed by atoms with Crippen LogP contribution in [0.25, 0.3) is 0 Å². The van der Waals surface area contributed by atoms with Crippen LogP contribution >= 0.6 is 0 Å². The normalized spacial score (nSPS) is 25.1. The minimum Gasteiger partial charge on any atom is -0.481 e. The third kappa shape index (κ3) is 19.7. The molecule has 10 nitrogen and oxygen atoms in total. The number of hydrogen-bond acceptors (Lipinski definition) is 8. The standard InChI is InChI=1S/C20H34O5.C20H32O5/c2*1-2-3-6-9-15(21)12-13-17-16(18(22)14-19(17)23)10-7-4-5-8-11-20(24)25/h12-13,15-17,19,21,23H,2-11,14H2,1H3,(H,24,25);4,7,12-13,15-17,19,21,23H,2-3,5-6,8-11,14H2,1H3,(H,24,25)/b13-12+;7-4-,13-12+/t2*15-,16+,17?,19+/m00/s1. The second-order valence-corrected chi connectivity index (χ2v) is 14.1. The molecule has 0 saturated heterocycles. The van der Waals surface area contributed by atoms with E-state index in [1.165, 1.54) is 0 Å². The highest BCUT2D eigenvalue weighted by molar-refractivity contribution is 5.85. The molecule has 0 heterocycles. The zero-order chi connectivity index (χ0) is 37.3. The average molecular weight is 707 g/mol. The molecule has 0 bridgehead atoms. The van der Waals surface area contributed by atoms with Gasteiger partial charge in [-0.1, -0.05) is 108 Å². The number of carboxylic acids is 2. The Morgan fingerprint density at radius 1 is 0.660 bits per heavy atom. The van der Waals surface area contributed by atoms with Crippen molar-refractivity contribution >= 4 is 23.5 Å². The van der Waals surface area contributed by atoms with Crippen LogP contribution in [0.3, 0.4) is 0 Å². The van der Waals surface area contributed by atoms with Gasteiger partial charge in [0.25, 0.3) is 0 Å². The molecule has 0 spiro atoms. The lowest BCUT2D eigenvalue weighted by molar-refractivity contribution is -0.138. The number of hydrogen-bond donors (Lipinski definition) is 6. The van der Waals surface area contributed by atoms with E-state index < -0.39 is 36.4 Å². The summed E-state index contributed by atoms with van der Waals surface area (Å²) in [4.78, 5) is 45.1. The second kappa shape index (κ2) is 27.1. The van der Waals surface area contributed by atoms with Crippen molar-refractivity contribution in [2.24, 2.45) is 23.7 Å². The molecule has 0 aromatic carbocycles. The van der Waals surface area contributed by atoms with E-state index in [9.17, 15) is 39.6 Å². The number of unbranched alkanes of at least 4 members (excludes halogenated alkanes) is 8. The Morgan fingerprint density at radius 3 is 1.66 bits per heavy atom. The van der Waals surface area contributed by atoms with Crippen LogP contribution < -0.4 is 0 Å². The van der Waals surface area contributed by atoms with Crippen molar-refractivity contribution in [3.8, 4) is 0 Å². The van der Waals surface area contributed by atoms with E-state index in [0.717, 1.165) is 70.6 Å². The molecule has 0 radical (unpaired) electrons. The first-order chi connectivity index (χ1) is 23.9. The predicted molar refractivity (Wildman–Crippen MR) is 194 cm³/mol. The van der Waals surface area contributed by atoms with Gasteiger partial charge in [0.1, 0.15) is 11.6 Å². The van der Waals surface area contributed by atoms with Gasteiger partial charge in [-0.05, 0) is 44.9 Å². The van der Waals surface area contributed by atoms with Gasteiger partial charge in [0.2, 0.25) is 0 Å². The Bertz CT molecular complexity index is 1070. The molecule has 2 saturated carbocycles. The lowest BCUT2D eigenvalue weighted by Gasteiger charge is -2.18. The average Bonchev–Trinajstić information content (AvgIpc) is 3.49. The van der Waals surface area contributed by atoms with Crippen LogP contribution in [-0.4, -0.2) is 78.6 Å². The van der Waals surface area contributed by atoms with Crippen LogP contribution in [0.4, 0.5) is 0 Å². The number of carbonyl (C=O) groups is 4. The number of ketones is 2. The first-order valence-electron chi connectivity index (χ1n) is 19.1. The lowest BCUT2D eigenvalue weighted by atomic mass is 9.88. The third-order valence-electron chi connectivity index (χ3n) is 9.76. The summed E-state index contributed by atoms with van der Waals surface area (Å²) in [6, 6.07) is 0. The molecule has 6 N–H and O–H groups in total. The van der Waals surface area contributed by atoms with E-state index in [4.69, 9.17) is 10.2 Å². The van der Waals surface area contributed by atoms with Crippen molar-refractivity contribution in [3.05, 3.63) is 36.5 Å². The summed E-state index contributed by atoms with van der Waals surface area (Å²) < 4.78 is 0. The smallest absolute Gasteiger partial charge is 0.303 e. The Kier molecular flexibility index (Phi) is 24.5. The summed E-state index contributed by atoms with van der Waals surface area (Å²) in [5.41, 5.74) is 0. The molecule has 0 aromatic rings. The van der Waals surface area contributed by atoms with Gasteiger partial charge in [0, 0.05) is 49.4 Å². The predicted octanol–water partition coefficient (Wildman–Crippen LogP) is 6.73. The van der Waals surface area contributed by atoms with Crippen LogP contribution in [-0.2, 0) is 19.2 Å². The van der Waals surface area contributed by atoms with Gasteiger partial charge in [0.05, 0.1) is 24.4 Å². The van der Waals surface area contributed by atoms with Crippen molar-refractivity contribution in [2.75, 3.05) is 0 Å². The lowest BCUT2D eigenvalue weighted by Crippen LogP contribution is -2.19. The van der Waals surface area contributed by atoms with Crippen LogP contribution in [0.2, 0.25) is 0 Å². The molecule has 2 fully saturated rings. The Hall–Kier alpha value is -2.66. The number of aliphatic hydroxyl groups excluding tert-OH is 4. The van der Waals surface area contributed by atoms with Crippen molar-refractivity contribution in [1.29, 1.82) is 0 Å². The van der Waals surface area contributed by atoms with Crippen molar-refractivity contribution < 1.29 is 49.8 Å². The fourth-order valence-corrected chi connectivity index (χ4v) is 6.76. The van der Waals surface area contributed by atoms with Crippen LogP contribution in [0.15, 0.2) is 36.5 Å². The van der Waals surface area contributed by atoms with Crippen LogP contribution in [0.5, 0.6) is 0 Å². The van der Waals surface area contributed by atoms with Gasteiger partial charge in [0.15, 0.2) is 0 Å². The highest BCUT2D eigenvalue weighted by atomic mass is 16.4. The van der Waals surface area contributed by atoms with Crippen molar-refractivity contribution in [1.82, 2.24) is 0 Å². The Labute approximate surface area is 299 Å². The maximum absolute atomic E-state index is 12.1. The minimum absolute atomic E-state index is 0.0535. The van der Waals surface area contributed by atoms with Gasteiger partial charge < -0.3 is 30.6 Å². The molecule has 0 aromatic heterocycles. The maximum Gasteiger partial charge on any atom is 0.303 e. The highest BCUT2D eigenvalue weighted by Crippen LogP contribution is 2.35. The Balaban J connectivity index is 0.000000500. The third-order valence-corrected chi connectivity index (χ3v) is 9.76. The van der Waals surface area contributed by atoms with Crippen molar-refractivity contribution in [2.45, 2.75) is 167 Å². The quantitative estimate of drug-likeness (QED) is 0.0439. The number of rotatable bonds is 25. The van der Waals surface area contributed by atoms with Gasteiger partial charge in [-0.15, -0.1) is 0 Å². The van der Waals surface area contributed by atoms with E-state index in [2.05, 4.69) is 13.8 Å². The first kappa shape index (κ1) is 45.4. The molecule has 10 heteroatoms. The molecule has 2 rings (SSSR count). The van der Waals surface area contributed by atoms with E-state index in [1.807, 2.05) is 18.2 Å². The summed E-state index contributed by atoms with van der Waals surface area (Å²) in [7, 11) is 0. The molecule has 8 atom stereocenters.